The minimum absolute atomic E-state index is 0.170. The Hall–Kier alpha value is -1.51. The number of carbonyl (C=O) groups excluding carboxylic acids is 1. The van der Waals surface area contributed by atoms with Crippen molar-refractivity contribution in [3.05, 3.63) is 24.3 Å². The summed E-state index contributed by atoms with van der Waals surface area (Å²) in [6.45, 7) is 4.91. The van der Waals surface area contributed by atoms with E-state index in [1.165, 1.54) is 0 Å². The molecule has 0 spiro atoms. The van der Waals surface area contributed by atoms with E-state index in [0.717, 1.165) is 17.9 Å². The highest BCUT2D eigenvalue weighted by Crippen LogP contribution is 2.15. The molecular weight excluding hydrogens is 176 g/mol. The molecule has 0 fully saturated rings. The lowest BCUT2D eigenvalue weighted by Gasteiger charge is -2.21. The van der Waals surface area contributed by atoms with Crippen molar-refractivity contribution in [2.75, 3.05) is 23.7 Å². The van der Waals surface area contributed by atoms with Crippen LogP contribution < -0.4 is 10.6 Å². The van der Waals surface area contributed by atoms with Gasteiger partial charge in [-0.15, -0.1) is 0 Å². The van der Waals surface area contributed by atoms with Crippen LogP contribution in [-0.4, -0.2) is 18.9 Å². The van der Waals surface area contributed by atoms with Gasteiger partial charge in [-0.1, -0.05) is 0 Å². The maximum absolute atomic E-state index is 11.0. The van der Waals surface area contributed by atoms with Crippen LogP contribution in [0, 0.1) is 0 Å². The molecule has 76 valence electrons. The number of rotatable bonds is 4. The van der Waals surface area contributed by atoms with Gasteiger partial charge < -0.3 is 10.6 Å². The van der Waals surface area contributed by atoms with Crippen molar-refractivity contribution < 1.29 is 4.79 Å². The van der Waals surface area contributed by atoms with Gasteiger partial charge >= 0.3 is 0 Å². The highest BCUT2D eigenvalue weighted by atomic mass is 16.1. The monoisotopic (exact) mass is 192 g/mol. The first-order valence-electron chi connectivity index (χ1n) is 4.73. The predicted molar refractivity (Wildman–Crippen MR) is 59.4 cm³/mol. The van der Waals surface area contributed by atoms with Crippen LogP contribution in [0.5, 0.6) is 0 Å². The molecule has 1 aromatic carbocycles. The number of nitrogen functional groups attached to an aromatic ring is 1. The van der Waals surface area contributed by atoms with E-state index in [1.54, 1.807) is 6.92 Å². The van der Waals surface area contributed by atoms with Gasteiger partial charge in [0.1, 0.15) is 5.78 Å². The van der Waals surface area contributed by atoms with Crippen molar-refractivity contribution in [3.8, 4) is 0 Å². The van der Waals surface area contributed by atoms with Crippen molar-refractivity contribution >= 4 is 17.2 Å². The smallest absolute Gasteiger partial charge is 0.149 e. The zero-order valence-electron chi connectivity index (χ0n) is 8.66. The van der Waals surface area contributed by atoms with Crippen molar-refractivity contribution in [3.63, 3.8) is 0 Å². The first kappa shape index (κ1) is 10.6. The average Bonchev–Trinajstić information content (AvgIpc) is 2.15. The second kappa shape index (κ2) is 4.65. The van der Waals surface area contributed by atoms with Gasteiger partial charge in [0.15, 0.2) is 0 Å². The van der Waals surface area contributed by atoms with Crippen molar-refractivity contribution in [1.29, 1.82) is 0 Å². The predicted octanol–water partition coefficient (Wildman–Crippen LogP) is 1.68. The Morgan fingerprint density at radius 2 is 1.93 bits per heavy atom. The molecule has 0 aliphatic carbocycles. The van der Waals surface area contributed by atoms with Crippen LogP contribution in [0.2, 0.25) is 0 Å². The van der Waals surface area contributed by atoms with E-state index < -0.39 is 0 Å². The maximum atomic E-state index is 11.0. The van der Waals surface area contributed by atoms with Crippen molar-refractivity contribution in [2.45, 2.75) is 13.8 Å². The lowest BCUT2D eigenvalue weighted by atomic mass is 10.2. The summed E-state index contributed by atoms with van der Waals surface area (Å²) in [4.78, 5) is 13.0. The molecule has 3 heteroatoms. The SMILES string of the molecule is CCN(CC(C)=O)c1ccc(N)cc1. The minimum atomic E-state index is 0.170. The molecule has 0 aliphatic heterocycles. The van der Waals surface area contributed by atoms with E-state index >= 15 is 0 Å². The molecule has 2 N–H and O–H groups in total. The van der Waals surface area contributed by atoms with Crippen molar-refractivity contribution in [1.82, 2.24) is 0 Å². The molecule has 0 amide bonds. The zero-order valence-corrected chi connectivity index (χ0v) is 8.66. The van der Waals surface area contributed by atoms with Gasteiger partial charge in [0.25, 0.3) is 0 Å². The molecular formula is C11H16N2O. The Balaban J connectivity index is 2.78. The van der Waals surface area contributed by atoms with E-state index in [2.05, 4.69) is 0 Å². The fourth-order valence-electron chi connectivity index (χ4n) is 1.34. The summed E-state index contributed by atoms with van der Waals surface area (Å²) in [6, 6.07) is 7.56. The standard InChI is InChI=1S/C11H16N2O/c1-3-13(8-9(2)14)11-6-4-10(12)5-7-11/h4-7H,3,8,12H2,1-2H3. The quantitative estimate of drug-likeness (QED) is 0.738. The molecule has 0 radical (unpaired) electrons. The minimum Gasteiger partial charge on any atom is -0.399 e. The number of benzene rings is 1. The Labute approximate surface area is 84.5 Å². The summed E-state index contributed by atoms with van der Waals surface area (Å²) in [6.07, 6.45) is 0. The fraction of sp³-hybridized carbons (Fsp3) is 0.364. The van der Waals surface area contributed by atoms with Gasteiger partial charge in [-0.2, -0.15) is 0 Å². The van der Waals surface area contributed by atoms with Crippen molar-refractivity contribution in [2.24, 2.45) is 0 Å². The molecule has 14 heavy (non-hydrogen) atoms. The van der Waals surface area contributed by atoms with Crippen LogP contribution in [0.3, 0.4) is 0 Å². The van der Waals surface area contributed by atoms with E-state index in [9.17, 15) is 4.79 Å². The number of nitrogens with zero attached hydrogens (tertiary/aromatic N) is 1. The van der Waals surface area contributed by atoms with E-state index in [-0.39, 0.29) is 5.78 Å². The number of hydrogen-bond acceptors (Lipinski definition) is 3. The largest absolute Gasteiger partial charge is 0.399 e. The molecule has 0 saturated heterocycles. The molecule has 0 saturated carbocycles. The Kier molecular flexibility index (Phi) is 3.51. The Morgan fingerprint density at radius 1 is 1.36 bits per heavy atom. The first-order chi connectivity index (χ1) is 6.63. The van der Waals surface area contributed by atoms with Gasteiger partial charge in [-0.25, -0.2) is 0 Å². The molecule has 3 nitrogen and oxygen atoms in total. The van der Waals surface area contributed by atoms with Gasteiger partial charge in [-0.3, -0.25) is 4.79 Å². The highest BCUT2D eigenvalue weighted by Gasteiger charge is 2.05. The summed E-state index contributed by atoms with van der Waals surface area (Å²) >= 11 is 0. The molecule has 0 heterocycles. The second-order valence-corrected chi connectivity index (χ2v) is 3.31. The number of likely N-dealkylation sites (N-methyl/N-ethyl adjacent to an activating group) is 1. The van der Waals surface area contributed by atoms with Gasteiger partial charge in [0.05, 0.1) is 6.54 Å². The summed E-state index contributed by atoms with van der Waals surface area (Å²) in [5, 5.41) is 0. The van der Waals surface area contributed by atoms with E-state index in [0.29, 0.717) is 6.54 Å². The summed E-state index contributed by atoms with van der Waals surface area (Å²) in [5.74, 6) is 0.170. The fourth-order valence-corrected chi connectivity index (χ4v) is 1.34. The van der Waals surface area contributed by atoms with Crippen LogP contribution in [0.4, 0.5) is 11.4 Å². The molecule has 1 aromatic rings. The second-order valence-electron chi connectivity index (χ2n) is 3.31. The van der Waals surface area contributed by atoms with Crippen LogP contribution in [0.25, 0.3) is 0 Å². The number of nitrogens with two attached hydrogens (primary N) is 1. The summed E-state index contributed by atoms with van der Waals surface area (Å²) in [5.41, 5.74) is 7.37. The lowest BCUT2D eigenvalue weighted by molar-refractivity contribution is -0.115. The number of carbonyl (C=O) groups is 1. The molecule has 0 unspecified atom stereocenters. The van der Waals surface area contributed by atoms with E-state index in [1.807, 2.05) is 36.1 Å². The maximum Gasteiger partial charge on any atom is 0.149 e. The zero-order chi connectivity index (χ0) is 10.6. The Morgan fingerprint density at radius 3 is 2.36 bits per heavy atom. The van der Waals surface area contributed by atoms with Gasteiger partial charge in [-0.05, 0) is 38.1 Å². The average molecular weight is 192 g/mol. The van der Waals surface area contributed by atoms with Crippen LogP contribution >= 0.6 is 0 Å². The molecule has 0 aliphatic rings. The lowest BCUT2D eigenvalue weighted by Crippen LogP contribution is -2.28. The number of ketones is 1. The van der Waals surface area contributed by atoms with Gasteiger partial charge in [0.2, 0.25) is 0 Å². The van der Waals surface area contributed by atoms with Gasteiger partial charge in [0, 0.05) is 17.9 Å². The third-order valence-electron chi connectivity index (χ3n) is 2.05. The first-order valence-corrected chi connectivity index (χ1v) is 4.73. The van der Waals surface area contributed by atoms with Crippen LogP contribution in [0.15, 0.2) is 24.3 Å². The highest BCUT2D eigenvalue weighted by molar-refractivity contribution is 5.81. The third kappa shape index (κ3) is 2.76. The number of Topliss-reactive ketones (excluding diaryl/α,β-unsaturated/α-hetero) is 1. The summed E-state index contributed by atoms with van der Waals surface area (Å²) in [7, 11) is 0. The third-order valence-corrected chi connectivity index (χ3v) is 2.05. The molecule has 0 atom stereocenters. The Bertz CT molecular complexity index is 306. The molecule has 0 bridgehead atoms. The summed E-state index contributed by atoms with van der Waals surface area (Å²) < 4.78 is 0. The normalized spacial score (nSPS) is 9.86. The number of hydrogen-bond donors (Lipinski definition) is 1. The topological polar surface area (TPSA) is 46.3 Å². The van der Waals surface area contributed by atoms with Crippen LogP contribution in [0.1, 0.15) is 13.8 Å². The molecule has 1 rings (SSSR count). The van der Waals surface area contributed by atoms with E-state index in [4.69, 9.17) is 5.73 Å². The molecule has 0 aromatic heterocycles. The van der Waals surface area contributed by atoms with Crippen LogP contribution in [-0.2, 0) is 4.79 Å². The number of anilines is 2.